The molecule has 0 bridgehead atoms. The van der Waals surface area contributed by atoms with Crippen LogP contribution in [0, 0.1) is 11.7 Å². The highest BCUT2D eigenvalue weighted by Crippen LogP contribution is 2.34. The Hall–Kier alpha value is -0.850. The van der Waals surface area contributed by atoms with E-state index in [4.69, 9.17) is 22.3 Å². The van der Waals surface area contributed by atoms with Crippen LogP contribution in [0.15, 0.2) is 17.0 Å². The third-order valence-corrected chi connectivity index (χ3v) is 4.81. The summed E-state index contributed by atoms with van der Waals surface area (Å²) in [4.78, 5) is 11.2. The first-order chi connectivity index (χ1) is 9.24. The van der Waals surface area contributed by atoms with Gasteiger partial charge in [-0.1, -0.05) is 24.9 Å². The van der Waals surface area contributed by atoms with Crippen LogP contribution >= 0.6 is 22.3 Å². The van der Waals surface area contributed by atoms with Crippen molar-refractivity contribution in [1.29, 1.82) is 0 Å². The maximum atomic E-state index is 14.1. The fourth-order valence-electron chi connectivity index (χ4n) is 2.03. The summed E-state index contributed by atoms with van der Waals surface area (Å²) in [5.41, 5.74) is -0.418. The van der Waals surface area contributed by atoms with Gasteiger partial charge in [0, 0.05) is 21.7 Å². The molecule has 1 aliphatic rings. The van der Waals surface area contributed by atoms with Crippen molar-refractivity contribution in [2.75, 3.05) is 0 Å². The fourth-order valence-corrected chi connectivity index (χ4v) is 3.24. The molecule has 1 N–H and O–H groups in total. The lowest BCUT2D eigenvalue weighted by Crippen LogP contribution is -2.28. The molecule has 8 heteroatoms. The molecule has 1 amide bonds. The zero-order valence-electron chi connectivity index (χ0n) is 10.5. The molecule has 20 heavy (non-hydrogen) atoms. The first-order valence-electron chi connectivity index (χ1n) is 5.98. The van der Waals surface area contributed by atoms with Gasteiger partial charge in [-0.3, -0.25) is 4.79 Å². The molecular weight excluding hydrogens is 328 g/mol. The number of benzene rings is 1. The highest BCUT2D eigenvalue weighted by atomic mass is 35.7. The quantitative estimate of drug-likeness (QED) is 0.857. The molecule has 0 spiro atoms. The van der Waals surface area contributed by atoms with Crippen LogP contribution in [-0.4, -0.2) is 20.4 Å². The zero-order chi connectivity index (χ0) is 15.1. The molecule has 0 saturated heterocycles. The van der Waals surface area contributed by atoms with Gasteiger partial charge in [0.25, 0.3) is 15.0 Å². The van der Waals surface area contributed by atoms with E-state index in [0.717, 1.165) is 25.0 Å². The maximum Gasteiger partial charge on any atom is 0.264 e. The summed E-state index contributed by atoms with van der Waals surface area (Å²) in [6, 6.07) is 1.96. The summed E-state index contributed by atoms with van der Waals surface area (Å²) >= 11 is 5.71. The van der Waals surface area contributed by atoms with Crippen molar-refractivity contribution in [1.82, 2.24) is 5.32 Å². The van der Waals surface area contributed by atoms with Gasteiger partial charge in [-0.2, -0.15) is 0 Å². The topological polar surface area (TPSA) is 63.2 Å². The lowest BCUT2D eigenvalue weighted by atomic mass is 10.2. The molecule has 110 valence electrons. The van der Waals surface area contributed by atoms with Crippen molar-refractivity contribution in [3.63, 3.8) is 0 Å². The van der Waals surface area contributed by atoms with E-state index in [0.29, 0.717) is 5.92 Å². The van der Waals surface area contributed by atoms with Crippen LogP contribution in [0.1, 0.15) is 30.1 Å². The Balaban J connectivity index is 2.32. The summed E-state index contributed by atoms with van der Waals surface area (Å²) in [6.45, 7) is 2.00. The zero-order valence-corrected chi connectivity index (χ0v) is 12.8. The number of carbonyl (C=O) groups is 1. The maximum absolute atomic E-state index is 14.1. The molecule has 4 nitrogen and oxygen atoms in total. The van der Waals surface area contributed by atoms with E-state index in [9.17, 15) is 17.6 Å². The number of amides is 1. The average Bonchev–Trinajstić information content (AvgIpc) is 3.08. The number of nitrogens with one attached hydrogen (secondary N) is 1. The molecule has 1 aromatic carbocycles. The molecule has 0 heterocycles. The third-order valence-electron chi connectivity index (χ3n) is 3.27. The lowest BCUT2D eigenvalue weighted by Gasteiger charge is -2.08. The van der Waals surface area contributed by atoms with E-state index >= 15 is 0 Å². The summed E-state index contributed by atoms with van der Waals surface area (Å²) in [5.74, 6) is -1.49. The monoisotopic (exact) mass is 339 g/mol. The van der Waals surface area contributed by atoms with Crippen LogP contribution in [0.25, 0.3) is 0 Å². The summed E-state index contributed by atoms with van der Waals surface area (Å²) in [5, 5.41) is 2.57. The van der Waals surface area contributed by atoms with Gasteiger partial charge < -0.3 is 5.32 Å². The van der Waals surface area contributed by atoms with Gasteiger partial charge in [0.2, 0.25) is 0 Å². The molecule has 2 atom stereocenters. The van der Waals surface area contributed by atoms with Crippen molar-refractivity contribution < 1.29 is 17.6 Å². The van der Waals surface area contributed by atoms with Gasteiger partial charge in [-0.25, -0.2) is 12.8 Å². The van der Waals surface area contributed by atoms with Crippen molar-refractivity contribution in [2.45, 2.75) is 30.7 Å². The SMILES string of the molecule is CCC1CC1NC(=O)c1cc(Cl)cc(S(=O)(=O)Cl)c1F. The standard InChI is InChI=1S/C12H12Cl2FNO3S/c1-2-6-3-9(6)16-12(17)8-4-7(13)5-10(11(8)15)20(14,18)19/h4-6,9H,2-3H2,1H3,(H,16,17). The van der Waals surface area contributed by atoms with E-state index < -0.39 is 31.2 Å². The molecule has 1 fully saturated rings. The number of rotatable bonds is 4. The molecule has 0 aliphatic heterocycles. The van der Waals surface area contributed by atoms with Crippen molar-refractivity contribution in [3.8, 4) is 0 Å². The van der Waals surface area contributed by atoms with Crippen LogP contribution in [-0.2, 0) is 9.05 Å². The summed E-state index contributed by atoms with van der Waals surface area (Å²) in [6.07, 6.45) is 1.76. The van der Waals surface area contributed by atoms with Crippen molar-refractivity contribution in [3.05, 3.63) is 28.5 Å². The molecule has 0 radical (unpaired) electrons. The van der Waals surface area contributed by atoms with E-state index in [2.05, 4.69) is 5.32 Å². The van der Waals surface area contributed by atoms with Crippen molar-refractivity contribution in [2.24, 2.45) is 5.92 Å². The van der Waals surface area contributed by atoms with Crippen LogP contribution in [0.2, 0.25) is 5.02 Å². The first kappa shape index (κ1) is 15.5. The van der Waals surface area contributed by atoms with E-state index in [-0.39, 0.29) is 11.1 Å². The first-order valence-corrected chi connectivity index (χ1v) is 8.67. The van der Waals surface area contributed by atoms with E-state index in [1.165, 1.54) is 0 Å². The Bertz CT molecular complexity index is 663. The Kier molecular flexibility index (Phi) is 4.27. The Morgan fingerprint density at radius 2 is 2.15 bits per heavy atom. The third kappa shape index (κ3) is 3.24. The number of hydrogen-bond donors (Lipinski definition) is 1. The molecule has 1 saturated carbocycles. The van der Waals surface area contributed by atoms with Gasteiger partial charge in [0.1, 0.15) is 4.90 Å². The van der Waals surface area contributed by atoms with E-state index in [1.807, 2.05) is 6.92 Å². The van der Waals surface area contributed by atoms with Gasteiger partial charge >= 0.3 is 0 Å². The van der Waals surface area contributed by atoms with Gasteiger partial charge in [0.05, 0.1) is 5.56 Å². The second kappa shape index (κ2) is 5.50. The Morgan fingerprint density at radius 1 is 1.50 bits per heavy atom. The van der Waals surface area contributed by atoms with Crippen LogP contribution < -0.4 is 5.32 Å². The normalized spacial score (nSPS) is 21.6. The molecular formula is C12H12Cl2FNO3S. The Morgan fingerprint density at radius 3 is 2.65 bits per heavy atom. The smallest absolute Gasteiger partial charge is 0.264 e. The number of halogens is 3. The van der Waals surface area contributed by atoms with Gasteiger partial charge in [-0.05, 0) is 24.5 Å². The second-order valence-electron chi connectivity index (χ2n) is 4.69. The lowest BCUT2D eigenvalue weighted by molar-refractivity contribution is 0.0944. The summed E-state index contributed by atoms with van der Waals surface area (Å²) in [7, 11) is 0.811. The van der Waals surface area contributed by atoms with Gasteiger partial charge in [-0.15, -0.1) is 0 Å². The predicted molar refractivity (Wildman–Crippen MR) is 74.1 cm³/mol. The van der Waals surface area contributed by atoms with Crippen LogP contribution in [0.5, 0.6) is 0 Å². The van der Waals surface area contributed by atoms with Crippen LogP contribution in [0.3, 0.4) is 0 Å². The highest BCUT2D eigenvalue weighted by Gasteiger charge is 2.37. The van der Waals surface area contributed by atoms with Crippen molar-refractivity contribution >= 4 is 37.2 Å². The molecule has 0 aromatic heterocycles. The molecule has 1 aliphatic carbocycles. The molecule has 1 aromatic rings. The van der Waals surface area contributed by atoms with Crippen LogP contribution in [0.4, 0.5) is 4.39 Å². The minimum atomic E-state index is -4.31. The molecule has 2 rings (SSSR count). The predicted octanol–water partition coefficient (Wildman–Crippen LogP) is 2.93. The van der Waals surface area contributed by atoms with E-state index in [1.54, 1.807) is 0 Å². The largest absolute Gasteiger partial charge is 0.349 e. The van der Waals surface area contributed by atoms with Gasteiger partial charge in [0.15, 0.2) is 5.82 Å². The second-order valence-corrected chi connectivity index (χ2v) is 7.66. The minimum Gasteiger partial charge on any atom is -0.349 e. The molecule has 2 unspecified atom stereocenters. The Labute approximate surface area is 125 Å². The fraction of sp³-hybridized carbons (Fsp3) is 0.417. The highest BCUT2D eigenvalue weighted by molar-refractivity contribution is 8.13. The number of hydrogen-bond acceptors (Lipinski definition) is 3. The average molecular weight is 340 g/mol. The summed E-state index contributed by atoms with van der Waals surface area (Å²) < 4.78 is 36.6. The number of carbonyl (C=O) groups excluding carboxylic acids is 1. The minimum absolute atomic E-state index is 0.00180.